The number of thioether (sulfide) groups is 1. The summed E-state index contributed by atoms with van der Waals surface area (Å²) in [4.78, 5) is 26.8. The molecule has 4 aromatic rings. The first-order chi connectivity index (χ1) is 16.6. The van der Waals surface area contributed by atoms with Gasteiger partial charge in [0, 0.05) is 27.9 Å². The van der Waals surface area contributed by atoms with Gasteiger partial charge < -0.3 is 4.74 Å². The molecule has 2 heterocycles. The second-order valence-electron chi connectivity index (χ2n) is 7.42. The maximum Gasteiger partial charge on any atom is 0.310 e. The second-order valence-corrected chi connectivity index (χ2v) is 10.6. The Bertz CT molecular complexity index is 1270. The van der Waals surface area contributed by atoms with Crippen LogP contribution >= 0.6 is 39.0 Å². The molecule has 0 amide bonds. The van der Waals surface area contributed by atoms with E-state index in [4.69, 9.17) is 4.74 Å². The van der Waals surface area contributed by atoms with Crippen LogP contribution in [0.2, 0.25) is 0 Å². The van der Waals surface area contributed by atoms with Gasteiger partial charge in [0.1, 0.15) is 4.21 Å². The lowest BCUT2D eigenvalue weighted by Gasteiger charge is -2.06. The molecular formula is C27H23BrNO3S2+. The summed E-state index contributed by atoms with van der Waals surface area (Å²) in [6.45, 7) is 2.08. The molecule has 0 N–H and O–H groups in total. The number of benzene rings is 2. The molecule has 0 saturated heterocycles. The molecule has 0 saturated carbocycles. The molecule has 4 nitrogen and oxygen atoms in total. The highest BCUT2D eigenvalue weighted by atomic mass is 79.9. The predicted molar refractivity (Wildman–Crippen MR) is 140 cm³/mol. The molecule has 34 heavy (non-hydrogen) atoms. The smallest absolute Gasteiger partial charge is 0.310 e. The summed E-state index contributed by atoms with van der Waals surface area (Å²) < 4.78 is 9.14. The fourth-order valence-electron chi connectivity index (χ4n) is 3.50. The normalized spacial score (nSPS) is 10.8. The van der Waals surface area contributed by atoms with E-state index in [-0.39, 0.29) is 18.2 Å². The van der Waals surface area contributed by atoms with E-state index < -0.39 is 0 Å². The minimum absolute atomic E-state index is 0.0328. The van der Waals surface area contributed by atoms with Gasteiger partial charge in [-0.1, -0.05) is 52.3 Å². The first-order valence-corrected chi connectivity index (χ1v) is 13.4. The van der Waals surface area contributed by atoms with Gasteiger partial charge in [-0.2, -0.15) is 4.57 Å². The van der Waals surface area contributed by atoms with Crippen LogP contribution in [0, 0.1) is 0 Å². The predicted octanol–water partition coefficient (Wildman–Crippen LogP) is 6.42. The van der Waals surface area contributed by atoms with Crippen LogP contribution in [0.1, 0.15) is 33.3 Å². The number of carbonyl (C=O) groups excluding carboxylic acids is 2. The van der Waals surface area contributed by atoms with Crippen LogP contribution in [0.4, 0.5) is 0 Å². The van der Waals surface area contributed by atoms with Crippen LogP contribution in [0.3, 0.4) is 0 Å². The van der Waals surface area contributed by atoms with Crippen molar-refractivity contribution >= 4 is 50.8 Å². The van der Waals surface area contributed by atoms with Gasteiger partial charge in [-0.15, -0.1) is 23.1 Å². The lowest BCUT2D eigenvalue weighted by Crippen LogP contribution is -2.31. The topological polar surface area (TPSA) is 47.3 Å². The Kier molecular flexibility index (Phi) is 8.32. The Morgan fingerprint density at radius 3 is 2.32 bits per heavy atom. The largest absolute Gasteiger partial charge is 0.466 e. The van der Waals surface area contributed by atoms with Gasteiger partial charge in [-0.05, 0) is 36.8 Å². The Balaban J connectivity index is 1.82. The minimum atomic E-state index is -0.345. The number of hydrogen-bond donors (Lipinski definition) is 0. The van der Waals surface area contributed by atoms with Crippen molar-refractivity contribution in [1.29, 1.82) is 0 Å². The average Bonchev–Trinajstić information content (AvgIpc) is 3.22. The molecule has 0 aliphatic rings. The fraction of sp³-hybridized carbons (Fsp3) is 0.148. The molecule has 0 unspecified atom stereocenters. The van der Waals surface area contributed by atoms with Gasteiger partial charge in [-0.25, -0.2) is 0 Å². The van der Waals surface area contributed by atoms with Crippen molar-refractivity contribution < 1.29 is 18.9 Å². The number of pyridine rings is 1. The van der Waals surface area contributed by atoms with Gasteiger partial charge in [0.05, 0.1) is 23.5 Å². The van der Waals surface area contributed by atoms with Gasteiger partial charge in [0.15, 0.2) is 12.4 Å². The third kappa shape index (κ3) is 5.84. The van der Waals surface area contributed by atoms with Crippen molar-refractivity contribution in [2.24, 2.45) is 0 Å². The van der Waals surface area contributed by atoms with E-state index in [1.54, 1.807) is 30.8 Å². The summed E-state index contributed by atoms with van der Waals surface area (Å²) >= 11 is 6.54. The molecule has 0 bridgehead atoms. The Morgan fingerprint density at radius 2 is 1.65 bits per heavy atom. The molecule has 4 rings (SSSR count). The molecule has 2 aromatic carbocycles. The summed E-state index contributed by atoms with van der Waals surface area (Å²) in [6.07, 6.45) is 3.92. The zero-order valence-corrected chi connectivity index (χ0v) is 21.8. The SMILES string of the molecule is CCOC(=O)Cc1c(C(=O)c2ccc(Br)cc2)sc(SCc2ccccc2)c1-[n+]1ccccc1. The van der Waals surface area contributed by atoms with E-state index in [0.29, 0.717) is 22.6 Å². The maximum absolute atomic E-state index is 13.6. The van der Waals surface area contributed by atoms with E-state index >= 15 is 0 Å². The molecule has 172 valence electrons. The highest BCUT2D eigenvalue weighted by molar-refractivity contribution is 9.10. The van der Waals surface area contributed by atoms with E-state index in [9.17, 15) is 9.59 Å². The number of hydrogen-bond acceptors (Lipinski definition) is 5. The Hall–Kier alpha value is -2.74. The molecule has 0 aliphatic heterocycles. The van der Waals surface area contributed by atoms with Crippen LogP contribution in [0.25, 0.3) is 5.69 Å². The number of nitrogens with zero attached hydrogens (tertiary/aromatic N) is 1. The summed E-state index contributed by atoms with van der Waals surface area (Å²) in [6, 6.07) is 23.3. The van der Waals surface area contributed by atoms with E-state index in [2.05, 4.69) is 28.1 Å². The number of rotatable bonds is 9. The standard InChI is InChI=1S/C27H23BrNO3S2/c1-2-32-23(30)17-22-24(29-15-7-4-8-16-29)27(33-18-19-9-5-3-6-10-19)34-26(22)25(31)20-11-13-21(28)14-12-20/h3-16H,2,17-18H2,1H3/q+1. The van der Waals surface area contributed by atoms with Gasteiger partial charge in [-0.3, -0.25) is 9.59 Å². The third-order valence-electron chi connectivity index (χ3n) is 5.07. The monoisotopic (exact) mass is 552 g/mol. The van der Waals surface area contributed by atoms with Crippen molar-refractivity contribution in [1.82, 2.24) is 0 Å². The highest BCUT2D eigenvalue weighted by Crippen LogP contribution is 2.39. The van der Waals surface area contributed by atoms with Crippen LogP contribution in [-0.4, -0.2) is 18.4 Å². The van der Waals surface area contributed by atoms with Crippen molar-refractivity contribution in [3.63, 3.8) is 0 Å². The molecule has 0 atom stereocenters. The van der Waals surface area contributed by atoms with Crippen LogP contribution in [0.15, 0.2) is 93.9 Å². The minimum Gasteiger partial charge on any atom is -0.466 e. The molecule has 0 spiro atoms. The van der Waals surface area contributed by atoms with Crippen molar-refractivity contribution in [2.45, 2.75) is 23.3 Å². The summed E-state index contributed by atoms with van der Waals surface area (Å²) in [5.41, 5.74) is 3.33. The zero-order valence-electron chi connectivity index (χ0n) is 18.6. The van der Waals surface area contributed by atoms with Crippen molar-refractivity contribution in [3.05, 3.63) is 111 Å². The molecule has 2 aromatic heterocycles. The van der Waals surface area contributed by atoms with Crippen molar-refractivity contribution in [3.8, 4) is 5.69 Å². The molecule has 0 fully saturated rings. The summed E-state index contributed by atoms with van der Waals surface area (Å²) in [7, 11) is 0. The molecular weight excluding hydrogens is 530 g/mol. The number of carbonyl (C=O) groups is 2. The van der Waals surface area contributed by atoms with Crippen molar-refractivity contribution in [2.75, 3.05) is 6.61 Å². The first-order valence-electron chi connectivity index (χ1n) is 10.8. The molecule has 0 radical (unpaired) electrons. The lowest BCUT2D eigenvalue weighted by atomic mass is 10.0. The number of aromatic nitrogens is 1. The molecule has 7 heteroatoms. The Labute approximate surface area is 215 Å². The average molecular weight is 554 g/mol. The maximum atomic E-state index is 13.6. The van der Waals surface area contributed by atoms with E-state index in [1.165, 1.54) is 16.9 Å². The third-order valence-corrected chi connectivity index (χ3v) is 8.15. The van der Waals surface area contributed by atoms with Gasteiger partial charge in [0.25, 0.3) is 0 Å². The number of esters is 1. The van der Waals surface area contributed by atoms with Gasteiger partial charge in [0.2, 0.25) is 11.5 Å². The number of thiophene rings is 1. The van der Waals surface area contributed by atoms with Gasteiger partial charge >= 0.3 is 5.97 Å². The lowest BCUT2D eigenvalue weighted by molar-refractivity contribution is -0.598. The number of ketones is 1. The zero-order chi connectivity index (χ0) is 23.9. The van der Waals surface area contributed by atoms with E-state index in [1.807, 2.05) is 65.5 Å². The summed E-state index contributed by atoms with van der Waals surface area (Å²) in [5, 5.41) is 0. The molecule has 0 aliphatic carbocycles. The Morgan fingerprint density at radius 1 is 0.971 bits per heavy atom. The fourth-order valence-corrected chi connectivity index (χ4v) is 6.30. The first kappa shape index (κ1) is 24.4. The highest BCUT2D eigenvalue weighted by Gasteiger charge is 2.31. The van der Waals surface area contributed by atoms with E-state index in [0.717, 1.165) is 20.1 Å². The number of halogens is 1. The second kappa shape index (κ2) is 11.6. The van der Waals surface area contributed by atoms with Crippen LogP contribution < -0.4 is 4.57 Å². The quantitative estimate of drug-likeness (QED) is 0.104. The van der Waals surface area contributed by atoms with Crippen LogP contribution in [-0.2, 0) is 21.7 Å². The number of ether oxygens (including phenoxy) is 1. The van der Waals surface area contributed by atoms with Crippen LogP contribution in [0.5, 0.6) is 0 Å². The summed E-state index contributed by atoms with van der Waals surface area (Å²) in [5.74, 6) is 0.315.